The van der Waals surface area contributed by atoms with Crippen molar-refractivity contribution in [2.45, 2.75) is 39.2 Å². The average molecular weight is 332 g/mol. The Morgan fingerprint density at radius 2 is 2.08 bits per heavy atom. The van der Waals surface area contributed by atoms with E-state index >= 15 is 0 Å². The van der Waals surface area contributed by atoms with Crippen LogP contribution < -0.4 is 10.5 Å². The molecule has 1 saturated heterocycles. The first kappa shape index (κ1) is 17.7. The number of benzene rings is 1. The van der Waals surface area contributed by atoms with Crippen LogP contribution in [0.2, 0.25) is 0 Å². The Morgan fingerprint density at radius 3 is 2.71 bits per heavy atom. The summed E-state index contributed by atoms with van der Waals surface area (Å²) >= 11 is 0. The van der Waals surface area contributed by atoms with E-state index in [0.29, 0.717) is 17.4 Å². The van der Waals surface area contributed by atoms with Crippen molar-refractivity contribution in [3.63, 3.8) is 0 Å². The van der Waals surface area contributed by atoms with Crippen LogP contribution in [-0.2, 0) is 11.3 Å². The van der Waals surface area contributed by atoms with Gasteiger partial charge >= 0.3 is 0 Å². The Morgan fingerprint density at radius 1 is 1.25 bits per heavy atom. The van der Waals surface area contributed by atoms with Gasteiger partial charge in [0.15, 0.2) is 0 Å². The fourth-order valence-electron chi connectivity index (χ4n) is 4.05. The molecule has 0 amide bonds. The molecule has 1 saturated carbocycles. The van der Waals surface area contributed by atoms with Crippen LogP contribution in [-0.4, -0.2) is 44.8 Å². The Kier molecular flexibility index (Phi) is 5.48. The van der Waals surface area contributed by atoms with E-state index < -0.39 is 0 Å². The zero-order chi connectivity index (χ0) is 17.0. The summed E-state index contributed by atoms with van der Waals surface area (Å²) in [6, 6.07) is 8.27. The first-order chi connectivity index (χ1) is 11.6. The van der Waals surface area contributed by atoms with Crippen LogP contribution in [0.25, 0.3) is 0 Å². The molecular weight excluding hydrogens is 300 g/mol. The normalized spacial score (nSPS) is 26.3. The first-order valence-electron chi connectivity index (χ1n) is 9.20. The van der Waals surface area contributed by atoms with E-state index in [0.717, 1.165) is 37.6 Å². The highest BCUT2D eigenvalue weighted by atomic mass is 16.5. The maximum atomic E-state index is 6.18. The van der Waals surface area contributed by atoms with Crippen molar-refractivity contribution in [1.29, 1.82) is 0 Å². The van der Waals surface area contributed by atoms with Crippen molar-refractivity contribution >= 4 is 0 Å². The first-order valence-corrected chi connectivity index (χ1v) is 9.20. The quantitative estimate of drug-likeness (QED) is 0.795. The van der Waals surface area contributed by atoms with Gasteiger partial charge in [-0.25, -0.2) is 0 Å². The van der Waals surface area contributed by atoms with E-state index in [2.05, 4.69) is 24.0 Å². The van der Waals surface area contributed by atoms with E-state index in [-0.39, 0.29) is 0 Å². The molecule has 2 fully saturated rings. The third-order valence-electron chi connectivity index (χ3n) is 5.86. The van der Waals surface area contributed by atoms with Gasteiger partial charge in [0.1, 0.15) is 5.75 Å². The molecule has 134 valence electrons. The topological polar surface area (TPSA) is 47.7 Å². The molecule has 0 spiro atoms. The van der Waals surface area contributed by atoms with E-state index in [1.54, 1.807) is 7.11 Å². The van der Waals surface area contributed by atoms with Crippen LogP contribution in [0.3, 0.4) is 0 Å². The summed E-state index contributed by atoms with van der Waals surface area (Å²) < 4.78 is 11.4. The molecule has 4 heteroatoms. The van der Waals surface area contributed by atoms with Crippen LogP contribution in [0.1, 0.15) is 38.2 Å². The van der Waals surface area contributed by atoms with Gasteiger partial charge in [0, 0.05) is 25.6 Å². The van der Waals surface area contributed by atoms with Gasteiger partial charge in [-0.1, -0.05) is 25.5 Å². The molecule has 1 unspecified atom stereocenters. The van der Waals surface area contributed by atoms with Crippen molar-refractivity contribution in [2.75, 3.05) is 39.9 Å². The van der Waals surface area contributed by atoms with E-state index in [1.165, 1.54) is 32.2 Å². The SMILES string of the molecule is COCc1cccc(OCC2(CN3CCC(C)(CN)C3)CCC2)c1. The van der Waals surface area contributed by atoms with Crippen molar-refractivity contribution in [3.05, 3.63) is 29.8 Å². The molecule has 1 aliphatic carbocycles. The molecule has 2 aliphatic rings. The third kappa shape index (κ3) is 4.11. The fraction of sp³-hybridized carbons (Fsp3) is 0.700. The monoisotopic (exact) mass is 332 g/mol. The number of hydrogen-bond acceptors (Lipinski definition) is 4. The molecule has 1 heterocycles. The van der Waals surface area contributed by atoms with Crippen LogP contribution >= 0.6 is 0 Å². The molecule has 1 aliphatic heterocycles. The highest BCUT2D eigenvalue weighted by molar-refractivity contribution is 5.28. The summed E-state index contributed by atoms with van der Waals surface area (Å²) in [6.45, 7) is 8.03. The summed E-state index contributed by atoms with van der Waals surface area (Å²) in [5.74, 6) is 0.962. The Labute approximate surface area is 146 Å². The molecule has 1 aromatic rings. The predicted molar refractivity (Wildman–Crippen MR) is 97.2 cm³/mol. The maximum absolute atomic E-state index is 6.18. The molecule has 24 heavy (non-hydrogen) atoms. The number of nitrogens with zero attached hydrogens (tertiary/aromatic N) is 1. The highest BCUT2D eigenvalue weighted by Gasteiger charge is 2.42. The second-order valence-electron chi connectivity index (χ2n) is 8.20. The minimum atomic E-state index is 0.306. The molecule has 0 aromatic heterocycles. The molecular formula is C20H32N2O2. The van der Waals surface area contributed by atoms with Gasteiger partial charge in [0.25, 0.3) is 0 Å². The third-order valence-corrected chi connectivity index (χ3v) is 5.86. The Balaban J connectivity index is 1.55. The zero-order valence-electron chi connectivity index (χ0n) is 15.2. The van der Waals surface area contributed by atoms with E-state index in [9.17, 15) is 0 Å². The average Bonchev–Trinajstić information content (AvgIpc) is 2.92. The van der Waals surface area contributed by atoms with Gasteiger partial charge in [-0.2, -0.15) is 0 Å². The van der Waals surface area contributed by atoms with Crippen molar-refractivity contribution in [1.82, 2.24) is 4.90 Å². The molecule has 2 N–H and O–H groups in total. The smallest absolute Gasteiger partial charge is 0.119 e. The van der Waals surface area contributed by atoms with Gasteiger partial charge in [-0.3, -0.25) is 0 Å². The number of methoxy groups -OCH3 is 1. The minimum absolute atomic E-state index is 0.306. The van der Waals surface area contributed by atoms with Gasteiger partial charge in [-0.05, 0) is 55.5 Å². The number of ether oxygens (including phenoxy) is 2. The van der Waals surface area contributed by atoms with E-state index in [1.807, 2.05) is 12.1 Å². The van der Waals surface area contributed by atoms with Crippen molar-refractivity contribution in [3.8, 4) is 5.75 Å². The number of nitrogens with two attached hydrogens (primary N) is 1. The van der Waals surface area contributed by atoms with Crippen LogP contribution in [0.15, 0.2) is 24.3 Å². The zero-order valence-corrected chi connectivity index (χ0v) is 15.2. The lowest BCUT2D eigenvalue weighted by atomic mass is 9.69. The number of likely N-dealkylation sites (tertiary alicyclic amines) is 1. The second-order valence-corrected chi connectivity index (χ2v) is 8.20. The molecule has 1 aromatic carbocycles. The summed E-state index contributed by atoms with van der Waals surface area (Å²) in [5.41, 5.74) is 7.75. The lowest BCUT2D eigenvalue weighted by Gasteiger charge is -2.44. The summed E-state index contributed by atoms with van der Waals surface area (Å²) in [7, 11) is 1.72. The summed E-state index contributed by atoms with van der Waals surface area (Å²) in [5, 5.41) is 0. The number of hydrogen-bond donors (Lipinski definition) is 1. The van der Waals surface area contributed by atoms with Gasteiger partial charge in [0.05, 0.1) is 13.2 Å². The van der Waals surface area contributed by atoms with Crippen molar-refractivity contribution in [2.24, 2.45) is 16.6 Å². The summed E-state index contributed by atoms with van der Waals surface area (Å²) in [6.07, 6.45) is 5.11. The Bertz CT molecular complexity index is 544. The van der Waals surface area contributed by atoms with Gasteiger partial charge in [0.2, 0.25) is 0 Å². The van der Waals surface area contributed by atoms with Gasteiger partial charge < -0.3 is 20.1 Å². The number of rotatable bonds is 8. The summed E-state index contributed by atoms with van der Waals surface area (Å²) in [4.78, 5) is 2.61. The van der Waals surface area contributed by atoms with Crippen LogP contribution in [0.5, 0.6) is 5.75 Å². The van der Waals surface area contributed by atoms with Crippen LogP contribution in [0.4, 0.5) is 0 Å². The van der Waals surface area contributed by atoms with E-state index in [4.69, 9.17) is 15.2 Å². The van der Waals surface area contributed by atoms with Crippen LogP contribution in [0, 0.1) is 10.8 Å². The predicted octanol–water partition coefficient (Wildman–Crippen LogP) is 3.05. The van der Waals surface area contributed by atoms with Crippen molar-refractivity contribution < 1.29 is 9.47 Å². The molecule has 0 bridgehead atoms. The maximum Gasteiger partial charge on any atom is 0.119 e. The lowest BCUT2D eigenvalue weighted by Crippen LogP contribution is -2.46. The lowest BCUT2D eigenvalue weighted by molar-refractivity contribution is 0.0217. The standard InChI is InChI=1S/C20H32N2O2/c1-19(13-21)9-10-22(14-19)15-20(7-4-8-20)16-24-18-6-3-5-17(11-18)12-23-2/h3,5-6,11H,4,7-10,12-16,21H2,1-2H3. The van der Waals surface area contributed by atoms with Gasteiger partial charge in [-0.15, -0.1) is 0 Å². The molecule has 3 rings (SSSR count). The molecule has 0 radical (unpaired) electrons. The molecule has 1 atom stereocenters. The second kappa shape index (κ2) is 7.42. The highest BCUT2D eigenvalue weighted by Crippen LogP contribution is 2.43. The Hall–Kier alpha value is -1.10. The fourth-order valence-corrected chi connectivity index (χ4v) is 4.05. The minimum Gasteiger partial charge on any atom is -0.493 e. The molecule has 4 nitrogen and oxygen atoms in total. The largest absolute Gasteiger partial charge is 0.493 e.